The second-order valence-corrected chi connectivity index (χ2v) is 9.51. The highest BCUT2D eigenvalue weighted by molar-refractivity contribution is 6.32. The number of halogens is 2. The minimum absolute atomic E-state index is 0.0367. The zero-order valence-corrected chi connectivity index (χ0v) is 21.4. The molecule has 1 aliphatic rings. The van der Waals surface area contributed by atoms with E-state index in [9.17, 15) is 4.39 Å². The van der Waals surface area contributed by atoms with E-state index in [2.05, 4.69) is 30.2 Å². The van der Waals surface area contributed by atoms with Gasteiger partial charge in [0.25, 0.3) is 0 Å². The highest BCUT2D eigenvalue weighted by Gasteiger charge is 2.20. The Morgan fingerprint density at radius 1 is 1.14 bits per heavy atom. The zero-order chi connectivity index (χ0) is 25.8. The van der Waals surface area contributed by atoms with Crippen LogP contribution in [0.4, 0.5) is 4.39 Å². The Hall–Kier alpha value is -3.72. The van der Waals surface area contributed by atoms with Crippen molar-refractivity contribution in [2.75, 3.05) is 6.61 Å². The number of nitrogens with zero attached hydrogens (tertiary/aromatic N) is 3. The zero-order valence-electron chi connectivity index (χ0n) is 20.6. The second-order valence-electron chi connectivity index (χ2n) is 9.10. The fraction of sp³-hybridized carbons (Fsp3) is 0.226. The smallest absolute Gasteiger partial charge is 0.150 e. The molecule has 6 heteroatoms. The van der Waals surface area contributed by atoms with Crippen molar-refractivity contribution in [3.8, 4) is 6.07 Å². The lowest BCUT2D eigenvalue weighted by Crippen LogP contribution is -2.18. The largest absolute Gasteiger partial charge is 0.356 e. The minimum Gasteiger partial charge on any atom is -0.356 e. The standard InChI is InChI=1S/C31H27ClFN3O/c1-2-26(27-14-13-25(33)19-28(27)32)31(22-10-8-21(9-11-22)6-5-16-34)23-12-15-29-24(18-23)20-35-36(29)30-7-3-4-17-37-30/h5-6,8-15,18-20,30H,2-4,7,17H2,1H3/b6-5+,31-26+. The van der Waals surface area contributed by atoms with Gasteiger partial charge in [0, 0.05) is 18.1 Å². The van der Waals surface area contributed by atoms with E-state index in [-0.39, 0.29) is 12.0 Å². The van der Waals surface area contributed by atoms with Gasteiger partial charge in [-0.15, -0.1) is 0 Å². The topological polar surface area (TPSA) is 50.8 Å². The van der Waals surface area contributed by atoms with Crippen molar-refractivity contribution in [3.63, 3.8) is 0 Å². The van der Waals surface area contributed by atoms with Crippen molar-refractivity contribution < 1.29 is 9.13 Å². The van der Waals surface area contributed by atoms with Gasteiger partial charge in [-0.2, -0.15) is 10.4 Å². The number of allylic oxidation sites excluding steroid dienone is 2. The SMILES string of the molecule is CC/C(=C(/c1ccc(/C=C/C#N)cc1)c1ccc2c(cnn2C2CCCCO2)c1)c1ccc(F)cc1Cl. The molecule has 2 heterocycles. The van der Waals surface area contributed by atoms with Crippen LogP contribution in [0.2, 0.25) is 5.02 Å². The number of nitriles is 1. The van der Waals surface area contributed by atoms with E-state index in [1.165, 1.54) is 18.2 Å². The van der Waals surface area contributed by atoms with Crippen molar-refractivity contribution in [1.82, 2.24) is 9.78 Å². The van der Waals surface area contributed by atoms with E-state index >= 15 is 0 Å². The van der Waals surface area contributed by atoms with E-state index in [1.807, 2.05) is 41.2 Å². The van der Waals surface area contributed by atoms with Crippen LogP contribution in [0.5, 0.6) is 0 Å². The maximum absolute atomic E-state index is 13.9. The number of rotatable bonds is 6. The number of hydrogen-bond donors (Lipinski definition) is 0. The maximum Gasteiger partial charge on any atom is 0.150 e. The highest BCUT2D eigenvalue weighted by Crippen LogP contribution is 2.38. The molecule has 0 radical (unpaired) electrons. The van der Waals surface area contributed by atoms with Gasteiger partial charge in [-0.3, -0.25) is 0 Å². The summed E-state index contributed by atoms with van der Waals surface area (Å²) in [4.78, 5) is 0. The van der Waals surface area contributed by atoms with Crippen LogP contribution in [-0.2, 0) is 4.74 Å². The van der Waals surface area contributed by atoms with E-state index in [0.29, 0.717) is 11.4 Å². The second kappa shape index (κ2) is 11.1. The lowest BCUT2D eigenvalue weighted by atomic mass is 9.87. The predicted octanol–water partition coefficient (Wildman–Crippen LogP) is 8.43. The van der Waals surface area contributed by atoms with Gasteiger partial charge in [0.2, 0.25) is 0 Å². The van der Waals surface area contributed by atoms with Crippen molar-refractivity contribution in [2.45, 2.75) is 38.8 Å². The molecule has 1 aliphatic heterocycles. The molecule has 0 bridgehead atoms. The average Bonchev–Trinajstić information content (AvgIpc) is 3.35. The highest BCUT2D eigenvalue weighted by atomic mass is 35.5. The first-order valence-electron chi connectivity index (χ1n) is 12.5. The summed E-state index contributed by atoms with van der Waals surface area (Å²) in [5.74, 6) is -0.363. The lowest BCUT2D eigenvalue weighted by molar-refractivity contribution is -0.0366. The van der Waals surface area contributed by atoms with Crippen molar-refractivity contribution >= 4 is 39.7 Å². The van der Waals surface area contributed by atoms with E-state index in [0.717, 1.165) is 70.2 Å². The molecular weight excluding hydrogens is 485 g/mol. The van der Waals surface area contributed by atoms with E-state index in [4.69, 9.17) is 21.6 Å². The summed E-state index contributed by atoms with van der Waals surface area (Å²) in [5.41, 5.74) is 6.85. The number of ether oxygens (including phenoxy) is 1. The molecule has 186 valence electrons. The molecule has 1 unspecified atom stereocenters. The van der Waals surface area contributed by atoms with Crippen molar-refractivity contribution in [3.05, 3.63) is 106 Å². The minimum atomic E-state index is -0.363. The summed E-state index contributed by atoms with van der Waals surface area (Å²) in [5, 5.41) is 14.9. The van der Waals surface area contributed by atoms with Gasteiger partial charge in [0.15, 0.2) is 6.23 Å². The molecule has 1 atom stereocenters. The first-order chi connectivity index (χ1) is 18.1. The average molecular weight is 512 g/mol. The van der Waals surface area contributed by atoms with Crippen LogP contribution < -0.4 is 0 Å². The Morgan fingerprint density at radius 3 is 2.65 bits per heavy atom. The Kier molecular flexibility index (Phi) is 7.50. The summed E-state index contributed by atoms with van der Waals surface area (Å²) in [6.07, 6.45) is 8.97. The maximum atomic E-state index is 13.9. The van der Waals surface area contributed by atoms with Gasteiger partial charge in [-0.25, -0.2) is 9.07 Å². The van der Waals surface area contributed by atoms with E-state index in [1.54, 1.807) is 12.1 Å². The molecule has 0 N–H and O–H groups in total. The third-order valence-corrected chi connectivity index (χ3v) is 7.09. The quantitative estimate of drug-likeness (QED) is 0.193. The van der Waals surface area contributed by atoms with Gasteiger partial charge < -0.3 is 4.74 Å². The molecule has 1 aromatic heterocycles. The third-order valence-electron chi connectivity index (χ3n) is 6.77. The fourth-order valence-corrected chi connectivity index (χ4v) is 5.28. The molecule has 1 fully saturated rings. The third kappa shape index (κ3) is 5.22. The summed E-state index contributed by atoms with van der Waals surface area (Å²) < 4.78 is 21.8. The molecule has 0 saturated carbocycles. The molecule has 0 aliphatic carbocycles. The number of aromatic nitrogens is 2. The summed E-state index contributed by atoms with van der Waals surface area (Å²) >= 11 is 6.55. The molecule has 5 rings (SSSR count). The van der Waals surface area contributed by atoms with Crippen LogP contribution >= 0.6 is 11.6 Å². The van der Waals surface area contributed by atoms with Gasteiger partial charge in [-0.1, -0.05) is 54.9 Å². The molecule has 3 aromatic carbocycles. The monoisotopic (exact) mass is 511 g/mol. The Morgan fingerprint density at radius 2 is 1.95 bits per heavy atom. The van der Waals surface area contributed by atoms with Crippen LogP contribution in [0.25, 0.3) is 28.1 Å². The molecule has 0 spiro atoms. The molecule has 0 amide bonds. The number of benzene rings is 3. The van der Waals surface area contributed by atoms with Crippen LogP contribution in [0.1, 0.15) is 61.1 Å². The summed E-state index contributed by atoms with van der Waals surface area (Å²) in [6.45, 7) is 2.84. The Labute approximate surface area is 221 Å². The Balaban J connectivity index is 1.67. The summed E-state index contributed by atoms with van der Waals surface area (Å²) in [6, 6.07) is 21.0. The van der Waals surface area contributed by atoms with E-state index < -0.39 is 0 Å². The lowest BCUT2D eigenvalue weighted by Gasteiger charge is -2.23. The normalized spacial score (nSPS) is 16.6. The first-order valence-corrected chi connectivity index (χ1v) is 12.9. The first kappa shape index (κ1) is 25.0. The molecule has 1 saturated heterocycles. The van der Waals surface area contributed by atoms with Crippen LogP contribution in [0.15, 0.2) is 72.9 Å². The molecule has 37 heavy (non-hydrogen) atoms. The van der Waals surface area contributed by atoms with Gasteiger partial charge >= 0.3 is 0 Å². The fourth-order valence-electron chi connectivity index (χ4n) is 5.00. The van der Waals surface area contributed by atoms with Crippen LogP contribution in [0, 0.1) is 17.1 Å². The summed E-state index contributed by atoms with van der Waals surface area (Å²) in [7, 11) is 0. The number of hydrogen-bond acceptors (Lipinski definition) is 3. The predicted molar refractivity (Wildman–Crippen MR) is 147 cm³/mol. The molecular formula is C31H27ClFN3O. The van der Waals surface area contributed by atoms with Crippen LogP contribution in [-0.4, -0.2) is 16.4 Å². The number of fused-ring (bicyclic) bond motifs is 1. The van der Waals surface area contributed by atoms with Gasteiger partial charge in [0.05, 0.1) is 22.8 Å². The molecule has 4 aromatic rings. The molecule has 4 nitrogen and oxygen atoms in total. The van der Waals surface area contributed by atoms with Crippen molar-refractivity contribution in [1.29, 1.82) is 5.26 Å². The van der Waals surface area contributed by atoms with Crippen molar-refractivity contribution in [2.24, 2.45) is 0 Å². The van der Waals surface area contributed by atoms with Gasteiger partial charge in [0.1, 0.15) is 5.82 Å². The van der Waals surface area contributed by atoms with Gasteiger partial charge in [-0.05, 0) is 89.4 Å². The Bertz CT molecular complexity index is 1520. The van der Waals surface area contributed by atoms with Crippen LogP contribution in [0.3, 0.4) is 0 Å².